The molecule has 1 aliphatic rings. The van der Waals surface area contributed by atoms with Crippen LogP contribution < -0.4 is 0 Å². The average molecular weight is 388 g/mol. The second kappa shape index (κ2) is 6.86. The van der Waals surface area contributed by atoms with Gasteiger partial charge in [0.2, 0.25) is 0 Å². The summed E-state index contributed by atoms with van der Waals surface area (Å²) in [5, 5.41) is 0. The number of aromatic nitrogens is 2. The van der Waals surface area contributed by atoms with Crippen LogP contribution in [-0.4, -0.2) is 21.7 Å². The van der Waals surface area contributed by atoms with E-state index in [1.807, 2.05) is 0 Å². The summed E-state index contributed by atoms with van der Waals surface area (Å²) in [6, 6.07) is 0.189. The third-order valence-electron chi connectivity index (χ3n) is 4.60. The SMILES string of the molecule is CCOC(=O)Cc1c2n(c(=S)n1C)CC(c1c(F)c(F)cc(F)c1F)C2. The summed E-state index contributed by atoms with van der Waals surface area (Å²) in [6.45, 7) is 1.98. The summed E-state index contributed by atoms with van der Waals surface area (Å²) in [6.07, 6.45) is 0.0570. The van der Waals surface area contributed by atoms with Gasteiger partial charge in [-0.3, -0.25) is 4.79 Å². The summed E-state index contributed by atoms with van der Waals surface area (Å²) < 4.78 is 63.9. The molecule has 3 rings (SSSR count). The fourth-order valence-corrected chi connectivity index (χ4v) is 3.70. The van der Waals surface area contributed by atoms with Crippen LogP contribution in [0.3, 0.4) is 0 Å². The van der Waals surface area contributed by atoms with Crippen LogP contribution in [0.15, 0.2) is 6.07 Å². The first-order valence-electron chi connectivity index (χ1n) is 8.02. The normalized spacial score (nSPS) is 16.0. The number of ether oxygens (including phenoxy) is 1. The van der Waals surface area contributed by atoms with Crippen molar-refractivity contribution in [1.82, 2.24) is 9.13 Å². The number of halogens is 4. The third-order valence-corrected chi connectivity index (χ3v) is 5.09. The number of carbonyl (C=O) groups is 1. The highest BCUT2D eigenvalue weighted by Gasteiger charge is 2.34. The summed E-state index contributed by atoms with van der Waals surface area (Å²) in [5.74, 6) is -6.95. The Bertz CT molecular complexity index is 925. The van der Waals surface area contributed by atoms with Gasteiger partial charge in [-0.05, 0) is 25.6 Å². The molecule has 0 fully saturated rings. The fraction of sp³-hybridized carbons (Fsp3) is 0.412. The van der Waals surface area contributed by atoms with Crippen molar-refractivity contribution in [1.29, 1.82) is 0 Å². The number of rotatable bonds is 4. The van der Waals surface area contributed by atoms with Crippen molar-refractivity contribution in [3.05, 3.63) is 51.1 Å². The van der Waals surface area contributed by atoms with Crippen LogP contribution in [0.5, 0.6) is 0 Å². The van der Waals surface area contributed by atoms with Crippen LogP contribution in [0.4, 0.5) is 17.6 Å². The van der Waals surface area contributed by atoms with E-state index in [1.165, 1.54) is 0 Å². The minimum atomic E-state index is -1.44. The van der Waals surface area contributed by atoms with E-state index in [9.17, 15) is 22.4 Å². The number of esters is 1. The lowest BCUT2D eigenvalue weighted by Crippen LogP contribution is -2.14. The minimum absolute atomic E-state index is 0.0501. The molecule has 1 atom stereocenters. The van der Waals surface area contributed by atoms with Gasteiger partial charge in [-0.25, -0.2) is 17.6 Å². The largest absolute Gasteiger partial charge is 0.466 e. The van der Waals surface area contributed by atoms with Crippen molar-refractivity contribution in [2.75, 3.05) is 6.61 Å². The molecular weight excluding hydrogens is 372 g/mol. The molecule has 140 valence electrons. The van der Waals surface area contributed by atoms with Gasteiger partial charge in [-0.2, -0.15) is 0 Å². The molecule has 9 heteroatoms. The molecule has 0 radical (unpaired) electrons. The lowest BCUT2D eigenvalue weighted by Gasteiger charge is -2.14. The number of fused-ring (bicyclic) bond motifs is 1. The van der Waals surface area contributed by atoms with Crippen molar-refractivity contribution in [2.45, 2.75) is 32.2 Å². The lowest BCUT2D eigenvalue weighted by atomic mass is 9.94. The zero-order valence-corrected chi connectivity index (χ0v) is 14.9. The summed E-state index contributed by atoms with van der Waals surface area (Å²) in [7, 11) is 1.68. The van der Waals surface area contributed by atoms with E-state index in [2.05, 4.69) is 0 Å². The zero-order chi connectivity index (χ0) is 19.2. The highest BCUT2D eigenvalue weighted by atomic mass is 32.1. The van der Waals surface area contributed by atoms with E-state index in [-0.39, 0.29) is 32.1 Å². The Morgan fingerprint density at radius 3 is 2.46 bits per heavy atom. The van der Waals surface area contributed by atoms with E-state index < -0.39 is 40.7 Å². The predicted octanol–water partition coefficient (Wildman–Crippen LogP) is 3.56. The number of hydrogen-bond donors (Lipinski definition) is 0. The molecule has 2 heterocycles. The van der Waals surface area contributed by atoms with Crippen molar-refractivity contribution in [3.63, 3.8) is 0 Å². The van der Waals surface area contributed by atoms with Crippen LogP contribution in [0.25, 0.3) is 0 Å². The maximum atomic E-state index is 14.1. The molecule has 0 aliphatic carbocycles. The number of imidazole rings is 1. The molecule has 1 aliphatic heterocycles. The molecule has 0 spiro atoms. The van der Waals surface area contributed by atoms with Crippen LogP contribution in [0.2, 0.25) is 0 Å². The molecule has 0 saturated carbocycles. The molecule has 4 nitrogen and oxygen atoms in total. The Labute approximate surface area is 152 Å². The van der Waals surface area contributed by atoms with E-state index in [0.717, 1.165) is 0 Å². The Morgan fingerprint density at radius 2 is 1.88 bits per heavy atom. The van der Waals surface area contributed by atoms with Gasteiger partial charge in [0.15, 0.2) is 28.0 Å². The first-order chi connectivity index (χ1) is 12.3. The first kappa shape index (κ1) is 18.6. The second-order valence-corrected chi connectivity index (χ2v) is 6.48. The lowest BCUT2D eigenvalue weighted by molar-refractivity contribution is -0.142. The average Bonchev–Trinajstić information content (AvgIpc) is 3.09. The third kappa shape index (κ3) is 2.94. The Kier molecular flexibility index (Phi) is 4.92. The second-order valence-electron chi connectivity index (χ2n) is 6.11. The van der Waals surface area contributed by atoms with Crippen LogP contribution in [0, 0.1) is 28.0 Å². The maximum Gasteiger partial charge on any atom is 0.311 e. The van der Waals surface area contributed by atoms with Crippen LogP contribution in [0.1, 0.15) is 29.8 Å². The van der Waals surface area contributed by atoms with Gasteiger partial charge in [0.1, 0.15) is 0 Å². The molecule has 26 heavy (non-hydrogen) atoms. The van der Waals surface area contributed by atoms with E-state index >= 15 is 0 Å². The van der Waals surface area contributed by atoms with Gasteiger partial charge in [-0.15, -0.1) is 0 Å². The monoisotopic (exact) mass is 388 g/mol. The highest BCUT2D eigenvalue weighted by Crippen LogP contribution is 2.36. The fourth-order valence-electron chi connectivity index (χ4n) is 3.41. The molecule has 1 aromatic heterocycles. The minimum Gasteiger partial charge on any atom is -0.466 e. The number of hydrogen-bond acceptors (Lipinski definition) is 3. The smallest absolute Gasteiger partial charge is 0.311 e. The quantitative estimate of drug-likeness (QED) is 0.348. The number of nitrogens with zero attached hydrogens (tertiary/aromatic N) is 2. The van der Waals surface area contributed by atoms with Crippen LogP contribution >= 0.6 is 12.2 Å². The maximum absolute atomic E-state index is 14.1. The Balaban J connectivity index is 2.01. The molecular formula is C17H16F4N2O2S. The van der Waals surface area contributed by atoms with Crippen molar-refractivity contribution < 1.29 is 27.1 Å². The van der Waals surface area contributed by atoms with Gasteiger partial charge in [-0.1, -0.05) is 0 Å². The highest BCUT2D eigenvalue weighted by molar-refractivity contribution is 7.71. The van der Waals surface area contributed by atoms with Gasteiger partial charge in [0.05, 0.1) is 18.7 Å². The zero-order valence-electron chi connectivity index (χ0n) is 14.1. The number of benzene rings is 1. The van der Waals surface area contributed by atoms with E-state index in [1.54, 1.807) is 23.1 Å². The summed E-state index contributed by atoms with van der Waals surface area (Å²) in [5.41, 5.74) is 0.540. The molecule has 1 unspecified atom stereocenters. The molecule has 0 N–H and O–H groups in total. The molecule has 0 bridgehead atoms. The molecule has 2 aromatic rings. The predicted molar refractivity (Wildman–Crippen MR) is 87.3 cm³/mol. The van der Waals surface area contributed by atoms with Gasteiger partial charge in [0.25, 0.3) is 0 Å². The standard InChI is InChI=1S/C17H16F4N2O2S/c1-3-25-13(24)6-11-12-4-8(7-23(12)17(26)22(11)2)14-15(20)9(18)5-10(19)16(14)21/h5,8H,3-4,6-7H2,1-2H3. The van der Waals surface area contributed by atoms with E-state index in [0.29, 0.717) is 16.2 Å². The number of carbonyl (C=O) groups excluding carboxylic acids is 1. The van der Waals surface area contributed by atoms with Crippen molar-refractivity contribution in [2.24, 2.45) is 7.05 Å². The Hall–Kier alpha value is -2.16. The summed E-state index contributed by atoms with van der Waals surface area (Å²) in [4.78, 5) is 11.8. The van der Waals surface area contributed by atoms with Crippen LogP contribution in [-0.2, 0) is 36.0 Å². The van der Waals surface area contributed by atoms with E-state index in [4.69, 9.17) is 17.0 Å². The van der Waals surface area contributed by atoms with Gasteiger partial charge >= 0.3 is 5.97 Å². The molecule has 0 saturated heterocycles. The van der Waals surface area contributed by atoms with Gasteiger partial charge in [0, 0.05) is 36.8 Å². The van der Waals surface area contributed by atoms with Gasteiger partial charge < -0.3 is 13.9 Å². The molecule has 0 amide bonds. The Morgan fingerprint density at radius 1 is 1.27 bits per heavy atom. The topological polar surface area (TPSA) is 36.2 Å². The van der Waals surface area contributed by atoms with Crippen molar-refractivity contribution in [3.8, 4) is 0 Å². The molecule has 1 aromatic carbocycles. The first-order valence-corrected chi connectivity index (χ1v) is 8.42. The van der Waals surface area contributed by atoms with Crippen molar-refractivity contribution >= 4 is 18.2 Å². The summed E-state index contributed by atoms with van der Waals surface area (Å²) >= 11 is 5.32.